The van der Waals surface area contributed by atoms with E-state index in [-0.39, 0.29) is 17.7 Å². The van der Waals surface area contributed by atoms with Crippen LogP contribution in [0.25, 0.3) is 0 Å². The minimum absolute atomic E-state index is 0.0688. The Balaban J connectivity index is 2.19. The van der Waals surface area contributed by atoms with E-state index in [1.807, 2.05) is 0 Å². The lowest BCUT2D eigenvalue weighted by atomic mass is 10.1. The van der Waals surface area contributed by atoms with Crippen molar-refractivity contribution in [3.8, 4) is 0 Å². The second-order valence-corrected chi connectivity index (χ2v) is 5.35. The zero-order valence-corrected chi connectivity index (χ0v) is 13.0. The fraction of sp³-hybridized carbons (Fsp3) is 0.176. The average molecular weight is 334 g/mol. The lowest BCUT2D eigenvalue weighted by molar-refractivity contribution is 0.0692. The molecule has 120 valence electrons. The minimum Gasteiger partial charge on any atom is -0.478 e. The van der Waals surface area contributed by atoms with E-state index in [4.69, 9.17) is 21.8 Å². The van der Waals surface area contributed by atoms with Crippen LogP contribution in [0.5, 0.6) is 0 Å². The molecule has 0 bridgehead atoms. The van der Waals surface area contributed by atoms with Gasteiger partial charge in [-0.25, -0.2) is 4.79 Å². The maximum absolute atomic E-state index is 12.3. The van der Waals surface area contributed by atoms with Crippen LogP contribution in [0.15, 0.2) is 42.5 Å². The molecule has 0 unspecified atom stereocenters. The summed E-state index contributed by atoms with van der Waals surface area (Å²) in [6.45, 7) is 0.0993. The Morgan fingerprint density at radius 1 is 1.09 bits per heavy atom. The first-order chi connectivity index (χ1) is 11.0. The van der Waals surface area contributed by atoms with Crippen molar-refractivity contribution in [3.63, 3.8) is 0 Å². The van der Waals surface area contributed by atoms with E-state index in [0.29, 0.717) is 23.6 Å². The van der Waals surface area contributed by atoms with Gasteiger partial charge in [0.05, 0.1) is 21.8 Å². The highest BCUT2D eigenvalue weighted by atomic mass is 35.5. The molecule has 23 heavy (non-hydrogen) atoms. The minimum atomic E-state index is -1.17. The molecule has 0 saturated heterocycles. The van der Waals surface area contributed by atoms with Crippen molar-refractivity contribution in [1.29, 1.82) is 0 Å². The standard InChI is InChI=1S/C17H16ClNO4/c18-14-10-11(4-3-9-20)7-8-15(14)19-16(21)12-5-1-2-6-13(12)17(22)23/h1-2,5-8,10,20H,3-4,9H2,(H,19,21)(H,22,23). The summed E-state index contributed by atoms with van der Waals surface area (Å²) in [4.78, 5) is 23.4. The number of aromatic carboxylic acids is 1. The van der Waals surface area contributed by atoms with E-state index in [9.17, 15) is 9.59 Å². The largest absolute Gasteiger partial charge is 0.478 e. The first-order valence-electron chi connectivity index (χ1n) is 7.06. The van der Waals surface area contributed by atoms with Crippen LogP contribution in [0.1, 0.15) is 32.7 Å². The van der Waals surface area contributed by atoms with Crippen molar-refractivity contribution < 1.29 is 19.8 Å². The third-order valence-electron chi connectivity index (χ3n) is 3.31. The van der Waals surface area contributed by atoms with Gasteiger partial charge in [-0.15, -0.1) is 0 Å². The second-order valence-electron chi connectivity index (χ2n) is 4.95. The molecule has 2 aromatic rings. The zero-order valence-electron chi connectivity index (χ0n) is 12.3. The van der Waals surface area contributed by atoms with Crippen LogP contribution in [0.2, 0.25) is 5.02 Å². The van der Waals surface area contributed by atoms with E-state index in [2.05, 4.69) is 5.32 Å². The SMILES string of the molecule is O=C(O)c1ccccc1C(=O)Nc1ccc(CCCO)cc1Cl. The van der Waals surface area contributed by atoms with Gasteiger partial charge in [-0.1, -0.05) is 29.8 Å². The van der Waals surface area contributed by atoms with Gasteiger partial charge in [0.1, 0.15) is 0 Å². The quantitative estimate of drug-likeness (QED) is 0.757. The summed E-state index contributed by atoms with van der Waals surface area (Å²) in [5.41, 5.74) is 1.36. The molecule has 0 radical (unpaired) electrons. The number of hydrogen-bond donors (Lipinski definition) is 3. The van der Waals surface area contributed by atoms with Crippen LogP contribution in [0, 0.1) is 0 Å². The second kappa shape index (κ2) is 7.76. The molecule has 1 amide bonds. The van der Waals surface area contributed by atoms with E-state index in [0.717, 1.165) is 5.56 Å². The highest BCUT2D eigenvalue weighted by molar-refractivity contribution is 6.34. The lowest BCUT2D eigenvalue weighted by Gasteiger charge is -2.10. The van der Waals surface area contributed by atoms with Gasteiger partial charge in [0.15, 0.2) is 0 Å². The van der Waals surface area contributed by atoms with Crippen molar-refractivity contribution >= 4 is 29.2 Å². The molecule has 2 rings (SSSR count). The van der Waals surface area contributed by atoms with Crippen molar-refractivity contribution in [2.45, 2.75) is 12.8 Å². The summed E-state index contributed by atoms with van der Waals surface area (Å²) >= 11 is 6.15. The van der Waals surface area contributed by atoms with E-state index >= 15 is 0 Å². The first kappa shape index (κ1) is 17.0. The number of aliphatic hydroxyl groups is 1. The van der Waals surface area contributed by atoms with Gasteiger partial charge in [-0.3, -0.25) is 4.79 Å². The first-order valence-corrected chi connectivity index (χ1v) is 7.43. The normalized spacial score (nSPS) is 10.3. The van der Waals surface area contributed by atoms with Crippen molar-refractivity contribution in [2.75, 3.05) is 11.9 Å². The number of carboxylic acids is 1. The molecule has 6 heteroatoms. The van der Waals surface area contributed by atoms with Gasteiger partial charge in [-0.2, -0.15) is 0 Å². The number of carboxylic acid groups (broad SMARTS) is 1. The monoisotopic (exact) mass is 333 g/mol. The van der Waals surface area contributed by atoms with Crippen LogP contribution in [-0.2, 0) is 6.42 Å². The van der Waals surface area contributed by atoms with Gasteiger partial charge in [0.2, 0.25) is 0 Å². The zero-order chi connectivity index (χ0) is 16.8. The number of amides is 1. The maximum atomic E-state index is 12.3. The Bertz CT molecular complexity index is 730. The van der Waals surface area contributed by atoms with Crippen LogP contribution in [0.3, 0.4) is 0 Å². The number of aliphatic hydroxyl groups excluding tert-OH is 1. The van der Waals surface area contributed by atoms with Gasteiger partial charge < -0.3 is 15.5 Å². The summed E-state index contributed by atoms with van der Waals surface area (Å²) in [5, 5.41) is 20.9. The molecule has 0 atom stereocenters. The number of carbonyl (C=O) groups excluding carboxylic acids is 1. The number of aryl methyl sites for hydroxylation is 1. The fourth-order valence-electron chi connectivity index (χ4n) is 2.16. The highest BCUT2D eigenvalue weighted by Crippen LogP contribution is 2.24. The Hall–Kier alpha value is -2.37. The molecule has 3 N–H and O–H groups in total. The van der Waals surface area contributed by atoms with E-state index in [1.165, 1.54) is 12.1 Å². The molecule has 0 heterocycles. The van der Waals surface area contributed by atoms with E-state index < -0.39 is 11.9 Å². The predicted octanol–water partition coefficient (Wildman–Crippen LogP) is 3.22. The molecular weight excluding hydrogens is 318 g/mol. The molecule has 0 aliphatic rings. The summed E-state index contributed by atoms with van der Waals surface area (Å²) in [6, 6.07) is 11.2. The topological polar surface area (TPSA) is 86.6 Å². The lowest BCUT2D eigenvalue weighted by Crippen LogP contribution is -2.16. The molecule has 0 fully saturated rings. The highest BCUT2D eigenvalue weighted by Gasteiger charge is 2.16. The van der Waals surface area contributed by atoms with Gasteiger partial charge >= 0.3 is 5.97 Å². The predicted molar refractivity (Wildman–Crippen MR) is 88.2 cm³/mol. The Morgan fingerprint density at radius 3 is 2.39 bits per heavy atom. The molecule has 0 aromatic heterocycles. The molecule has 5 nitrogen and oxygen atoms in total. The molecule has 0 saturated carbocycles. The summed E-state index contributed by atoms with van der Waals surface area (Å²) in [6.07, 6.45) is 1.32. The van der Waals surface area contributed by atoms with Crippen LogP contribution >= 0.6 is 11.6 Å². The van der Waals surface area contributed by atoms with E-state index in [1.54, 1.807) is 30.3 Å². The molecule has 2 aromatic carbocycles. The average Bonchev–Trinajstić information content (AvgIpc) is 2.55. The van der Waals surface area contributed by atoms with Gasteiger partial charge in [-0.05, 0) is 42.7 Å². The number of halogens is 1. The molecule has 0 spiro atoms. The van der Waals surface area contributed by atoms with Crippen molar-refractivity contribution in [3.05, 3.63) is 64.2 Å². The van der Waals surface area contributed by atoms with Crippen LogP contribution < -0.4 is 5.32 Å². The third kappa shape index (κ3) is 4.31. The van der Waals surface area contributed by atoms with Crippen LogP contribution in [-0.4, -0.2) is 28.7 Å². The Kier molecular flexibility index (Phi) is 5.73. The smallest absolute Gasteiger partial charge is 0.336 e. The third-order valence-corrected chi connectivity index (χ3v) is 3.62. The summed E-state index contributed by atoms with van der Waals surface area (Å²) < 4.78 is 0. The Morgan fingerprint density at radius 2 is 1.78 bits per heavy atom. The molecular formula is C17H16ClNO4. The van der Waals surface area contributed by atoms with Gasteiger partial charge in [0, 0.05) is 6.61 Å². The van der Waals surface area contributed by atoms with Crippen molar-refractivity contribution in [1.82, 2.24) is 0 Å². The number of nitrogens with one attached hydrogen (secondary N) is 1. The number of anilines is 1. The molecule has 0 aliphatic carbocycles. The number of hydrogen-bond acceptors (Lipinski definition) is 3. The summed E-state index contributed by atoms with van der Waals surface area (Å²) in [5.74, 6) is -1.70. The molecule has 0 aliphatic heterocycles. The maximum Gasteiger partial charge on any atom is 0.336 e. The van der Waals surface area contributed by atoms with Crippen LogP contribution in [0.4, 0.5) is 5.69 Å². The summed E-state index contributed by atoms with van der Waals surface area (Å²) in [7, 11) is 0. The fourth-order valence-corrected chi connectivity index (χ4v) is 2.41. The number of carbonyl (C=O) groups is 2. The van der Waals surface area contributed by atoms with Crippen molar-refractivity contribution in [2.24, 2.45) is 0 Å². The van der Waals surface area contributed by atoms with Gasteiger partial charge in [0.25, 0.3) is 5.91 Å². The number of rotatable bonds is 6. The number of benzene rings is 2. The Labute approximate surface area is 138 Å².